The molecule has 2 rings (SSSR count). The van der Waals surface area contributed by atoms with Gasteiger partial charge in [-0.2, -0.15) is 0 Å². The largest absolute Gasteiger partial charge is 0.371 e. The van der Waals surface area contributed by atoms with Crippen LogP contribution >= 0.6 is 0 Å². The molecule has 1 aromatic carbocycles. The number of aryl methyl sites for hydroxylation is 1. The zero-order valence-corrected chi connectivity index (χ0v) is 12.7. The fourth-order valence-corrected chi connectivity index (χ4v) is 3.12. The Morgan fingerprint density at radius 2 is 1.95 bits per heavy atom. The zero-order chi connectivity index (χ0) is 13.7. The van der Waals surface area contributed by atoms with Crippen LogP contribution in [-0.2, 0) is 0 Å². The van der Waals surface area contributed by atoms with Crippen molar-refractivity contribution < 1.29 is 0 Å². The van der Waals surface area contributed by atoms with Crippen molar-refractivity contribution in [3.8, 4) is 0 Å². The molecule has 1 saturated heterocycles. The SMILES string of the molecule is CCN(CC1(CC)CCCNC1)c1ccc(C)cc1. The van der Waals surface area contributed by atoms with Gasteiger partial charge in [-0.05, 0) is 51.8 Å². The molecule has 0 spiro atoms. The first-order valence-corrected chi connectivity index (χ1v) is 7.71. The zero-order valence-electron chi connectivity index (χ0n) is 12.7. The Hall–Kier alpha value is -1.02. The van der Waals surface area contributed by atoms with Gasteiger partial charge >= 0.3 is 0 Å². The van der Waals surface area contributed by atoms with Gasteiger partial charge in [0.1, 0.15) is 0 Å². The van der Waals surface area contributed by atoms with E-state index in [1.807, 2.05) is 0 Å². The summed E-state index contributed by atoms with van der Waals surface area (Å²) in [5.41, 5.74) is 3.16. The Kier molecular flexibility index (Phi) is 4.87. The molecule has 0 saturated carbocycles. The fraction of sp³-hybridized carbons (Fsp3) is 0.647. The summed E-state index contributed by atoms with van der Waals surface area (Å²) in [6.45, 7) is 11.4. The third kappa shape index (κ3) is 3.50. The van der Waals surface area contributed by atoms with E-state index in [0.29, 0.717) is 5.41 Å². The van der Waals surface area contributed by atoms with Crippen LogP contribution < -0.4 is 10.2 Å². The lowest BCUT2D eigenvalue weighted by Gasteiger charge is -2.41. The number of piperidine rings is 1. The molecule has 106 valence electrons. The monoisotopic (exact) mass is 260 g/mol. The summed E-state index contributed by atoms with van der Waals surface area (Å²) in [5.74, 6) is 0. The van der Waals surface area contributed by atoms with E-state index in [2.05, 4.69) is 55.3 Å². The molecule has 1 atom stereocenters. The van der Waals surface area contributed by atoms with Gasteiger partial charge in [0, 0.05) is 30.7 Å². The maximum atomic E-state index is 3.59. The van der Waals surface area contributed by atoms with Crippen molar-refractivity contribution in [1.82, 2.24) is 5.32 Å². The minimum absolute atomic E-state index is 0.457. The lowest BCUT2D eigenvalue weighted by Crippen LogP contribution is -2.47. The lowest BCUT2D eigenvalue weighted by molar-refractivity contribution is 0.205. The van der Waals surface area contributed by atoms with Gasteiger partial charge in [0.25, 0.3) is 0 Å². The van der Waals surface area contributed by atoms with Crippen LogP contribution in [0, 0.1) is 12.3 Å². The summed E-state index contributed by atoms with van der Waals surface area (Å²) in [7, 11) is 0. The summed E-state index contributed by atoms with van der Waals surface area (Å²) < 4.78 is 0. The summed E-state index contributed by atoms with van der Waals surface area (Å²) >= 11 is 0. The minimum Gasteiger partial charge on any atom is -0.371 e. The molecule has 0 amide bonds. The molecule has 0 bridgehead atoms. The standard InChI is InChI=1S/C17H28N2/c1-4-17(11-6-12-18-13-17)14-19(5-2)16-9-7-15(3)8-10-16/h7-10,18H,4-6,11-14H2,1-3H3. The molecule has 0 aromatic heterocycles. The first-order valence-electron chi connectivity index (χ1n) is 7.71. The van der Waals surface area contributed by atoms with Crippen LogP contribution in [0.5, 0.6) is 0 Å². The topological polar surface area (TPSA) is 15.3 Å². The molecule has 1 aromatic rings. The van der Waals surface area contributed by atoms with Crippen molar-refractivity contribution in [2.45, 2.75) is 40.0 Å². The fourth-order valence-electron chi connectivity index (χ4n) is 3.12. The van der Waals surface area contributed by atoms with E-state index in [4.69, 9.17) is 0 Å². The highest BCUT2D eigenvalue weighted by atomic mass is 15.1. The molecule has 1 heterocycles. The highest BCUT2D eigenvalue weighted by Gasteiger charge is 2.31. The number of nitrogens with one attached hydrogen (secondary N) is 1. The van der Waals surface area contributed by atoms with Crippen molar-refractivity contribution in [1.29, 1.82) is 0 Å². The summed E-state index contributed by atoms with van der Waals surface area (Å²) in [6, 6.07) is 8.96. The van der Waals surface area contributed by atoms with Gasteiger partial charge in [0.2, 0.25) is 0 Å². The van der Waals surface area contributed by atoms with Gasteiger partial charge in [-0.25, -0.2) is 0 Å². The van der Waals surface area contributed by atoms with Crippen molar-refractivity contribution in [2.75, 3.05) is 31.1 Å². The van der Waals surface area contributed by atoms with Crippen LogP contribution in [0.25, 0.3) is 0 Å². The molecule has 2 heteroatoms. The smallest absolute Gasteiger partial charge is 0.0366 e. The predicted octanol–water partition coefficient (Wildman–Crippen LogP) is 3.60. The van der Waals surface area contributed by atoms with Crippen LogP contribution in [0.1, 0.15) is 38.7 Å². The first kappa shape index (κ1) is 14.4. The molecule has 1 unspecified atom stereocenters. The lowest BCUT2D eigenvalue weighted by atomic mass is 9.78. The minimum atomic E-state index is 0.457. The van der Waals surface area contributed by atoms with Crippen LogP contribution in [0.15, 0.2) is 24.3 Å². The Labute approximate surface area is 118 Å². The Balaban J connectivity index is 2.11. The molecular weight excluding hydrogens is 232 g/mol. The van der Waals surface area contributed by atoms with E-state index in [-0.39, 0.29) is 0 Å². The second-order valence-corrected chi connectivity index (χ2v) is 5.98. The Morgan fingerprint density at radius 3 is 2.47 bits per heavy atom. The maximum Gasteiger partial charge on any atom is 0.0366 e. The van der Waals surface area contributed by atoms with Crippen LogP contribution in [0.2, 0.25) is 0 Å². The normalized spacial score (nSPS) is 23.3. The quantitative estimate of drug-likeness (QED) is 0.870. The summed E-state index contributed by atoms with van der Waals surface area (Å²) in [6.07, 6.45) is 3.94. The number of nitrogens with zero attached hydrogens (tertiary/aromatic N) is 1. The van der Waals surface area contributed by atoms with Crippen molar-refractivity contribution >= 4 is 5.69 Å². The van der Waals surface area contributed by atoms with Crippen LogP contribution in [-0.4, -0.2) is 26.2 Å². The molecule has 19 heavy (non-hydrogen) atoms. The van der Waals surface area contributed by atoms with E-state index in [1.165, 1.54) is 50.1 Å². The third-order valence-corrected chi connectivity index (χ3v) is 4.62. The number of anilines is 1. The van der Waals surface area contributed by atoms with E-state index in [9.17, 15) is 0 Å². The second-order valence-electron chi connectivity index (χ2n) is 5.98. The molecule has 2 nitrogen and oxygen atoms in total. The maximum absolute atomic E-state index is 3.59. The predicted molar refractivity (Wildman–Crippen MR) is 83.9 cm³/mol. The highest BCUT2D eigenvalue weighted by molar-refractivity contribution is 5.47. The van der Waals surface area contributed by atoms with Gasteiger partial charge in [-0.3, -0.25) is 0 Å². The number of hydrogen-bond acceptors (Lipinski definition) is 2. The van der Waals surface area contributed by atoms with Crippen molar-refractivity contribution in [2.24, 2.45) is 5.41 Å². The van der Waals surface area contributed by atoms with E-state index in [1.54, 1.807) is 0 Å². The number of benzene rings is 1. The first-order chi connectivity index (χ1) is 9.19. The Bertz CT molecular complexity index is 377. The van der Waals surface area contributed by atoms with Crippen molar-refractivity contribution in [3.63, 3.8) is 0 Å². The number of hydrogen-bond donors (Lipinski definition) is 1. The van der Waals surface area contributed by atoms with Crippen molar-refractivity contribution in [3.05, 3.63) is 29.8 Å². The van der Waals surface area contributed by atoms with Crippen LogP contribution in [0.3, 0.4) is 0 Å². The van der Waals surface area contributed by atoms with Gasteiger partial charge in [-0.1, -0.05) is 24.6 Å². The van der Waals surface area contributed by atoms with E-state index < -0.39 is 0 Å². The molecule has 1 aliphatic rings. The molecular formula is C17H28N2. The number of rotatable bonds is 5. The summed E-state index contributed by atoms with van der Waals surface area (Å²) in [4.78, 5) is 2.54. The second kappa shape index (κ2) is 6.42. The van der Waals surface area contributed by atoms with Crippen LogP contribution in [0.4, 0.5) is 5.69 Å². The molecule has 1 aliphatic heterocycles. The molecule has 0 radical (unpaired) electrons. The summed E-state index contributed by atoms with van der Waals surface area (Å²) in [5, 5.41) is 3.59. The van der Waals surface area contributed by atoms with Gasteiger partial charge in [0.15, 0.2) is 0 Å². The van der Waals surface area contributed by atoms with Gasteiger partial charge < -0.3 is 10.2 Å². The highest BCUT2D eigenvalue weighted by Crippen LogP contribution is 2.32. The van der Waals surface area contributed by atoms with Gasteiger partial charge in [-0.15, -0.1) is 0 Å². The average Bonchev–Trinajstić information content (AvgIpc) is 2.47. The van der Waals surface area contributed by atoms with Gasteiger partial charge in [0.05, 0.1) is 0 Å². The van der Waals surface area contributed by atoms with E-state index in [0.717, 1.165) is 6.54 Å². The molecule has 1 fully saturated rings. The van der Waals surface area contributed by atoms with E-state index >= 15 is 0 Å². The Morgan fingerprint density at radius 1 is 1.21 bits per heavy atom. The third-order valence-electron chi connectivity index (χ3n) is 4.62. The average molecular weight is 260 g/mol. The molecule has 0 aliphatic carbocycles. The molecule has 1 N–H and O–H groups in total.